The summed E-state index contributed by atoms with van der Waals surface area (Å²) >= 11 is 0. The largest absolute Gasteiger partial charge is 0.369 e. The van der Waals surface area contributed by atoms with Crippen LogP contribution in [0.3, 0.4) is 0 Å². The lowest BCUT2D eigenvalue weighted by atomic mass is 10.2. The third kappa shape index (κ3) is 2.64. The van der Waals surface area contributed by atoms with Gasteiger partial charge in [-0.05, 0) is 19.3 Å². The summed E-state index contributed by atoms with van der Waals surface area (Å²) < 4.78 is 2.03. The third-order valence-electron chi connectivity index (χ3n) is 3.63. The van der Waals surface area contributed by atoms with Crippen molar-refractivity contribution in [3.63, 3.8) is 0 Å². The third-order valence-corrected chi connectivity index (χ3v) is 3.63. The van der Waals surface area contributed by atoms with Crippen molar-refractivity contribution in [2.24, 2.45) is 0 Å². The monoisotopic (exact) mass is 259 g/mol. The molecule has 2 N–H and O–H groups in total. The lowest BCUT2D eigenvalue weighted by molar-refractivity contribution is 0.750. The second-order valence-electron chi connectivity index (χ2n) is 5.19. The molecular formula is C14H21N5. The fourth-order valence-corrected chi connectivity index (χ4v) is 2.63. The van der Waals surface area contributed by atoms with Crippen LogP contribution in [0.1, 0.15) is 39.0 Å². The summed E-state index contributed by atoms with van der Waals surface area (Å²) in [5.74, 6) is 1.81. The first-order valence-corrected chi connectivity index (χ1v) is 7.21. The van der Waals surface area contributed by atoms with Gasteiger partial charge in [0.25, 0.3) is 0 Å². The molecule has 0 aromatic carbocycles. The van der Waals surface area contributed by atoms with E-state index in [1.165, 1.54) is 25.7 Å². The number of rotatable bonds is 5. The van der Waals surface area contributed by atoms with Crippen LogP contribution in [-0.2, 0) is 0 Å². The molecule has 0 aliphatic heterocycles. The second-order valence-corrected chi connectivity index (χ2v) is 5.19. The van der Waals surface area contributed by atoms with E-state index in [0.717, 1.165) is 30.2 Å². The predicted molar refractivity (Wildman–Crippen MR) is 77.6 cm³/mol. The van der Waals surface area contributed by atoms with Gasteiger partial charge in [-0.2, -0.15) is 0 Å². The number of nitrogens with zero attached hydrogens (tertiary/aromatic N) is 3. The Morgan fingerprint density at radius 2 is 2.21 bits per heavy atom. The van der Waals surface area contributed by atoms with Gasteiger partial charge in [-0.3, -0.25) is 0 Å². The van der Waals surface area contributed by atoms with Crippen LogP contribution in [-0.4, -0.2) is 27.0 Å². The van der Waals surface area contributed by atoms with Crippen molar-refractivity contribution in [3.8, 4) is 0 Å². The molecule has 5 heteroatoms. The average Bonchev–Trinajstić information content (AvgIpc) is 3.06. The van der Waals surface area contributed by atoms with Crippen LogP contribution in [0.4, 0.5) is 11.6 Å². The van der Waals surface area contributed by atoms with E-state index in [-0.39, 0.29) is 0 Å². The smallest absolute Gasteiger partial charge is 0.180 e. The van der Waals surface area contributed by atoms with Crippen LogP contribution in [0.2, 0.25) is 0 Å². The zero-order valence-electron chi connectivity index (χ0n) is 11.4. The summed E-state index contributed by atoms with van der Waals surface area (Å²) in [7, 11) is 0. The molecule has 0 bridgehead atoms. The molecule has 1 aliphatic carbocycles. The number of anilines is 2. The summed E-state index contributed by atoms with van der Waals surface area (Å²) in [6, 6.07) is 0.550. The van der Waals surface area contributed by atoms with Gasteiger partial charge in [-0.15, -0.1) is 0 Å². The fraction of sp³-hybridized carbons (Fsp3) is 0.571. The van der Waals surface area contributed by atoms with Crippen molar-refractivity contribution < 1.29 is 0 Å². The zero-order chi connectivity index (χ0) is 13.1. The summed E-state index contributed by atoms with van der Waals surface area (Å²) in [6.45, 7) is 3.09. The molecule has 0 spiro atoms. The van der Waals surface area contributed by atoms with Gasteiger partial charge in [0, 0.05) is 25.0 Å². The van der Waals surface area contributed by atoms with Gasteiger partial charge in [-0.25, -0.2) is 9.97 Å². The Kier molecular flexibility index (Phi) is 3.53. The van der Waals surface area contributed by atoms with Crippen LogP contribution < -0.4 is 10.6 Å². The highest BCUT2D eigenvalue weighted by molar-refractivity contribution is 5.65. The second kappa shape index (κ2) is 5.47. The normalized spacial score (nSPS) is 16.1. The van der Waals surface area contributed by atoms with Gasteiger partial charge in [0.2, 0.25) is 0 Å². The Labute approximate surface area is 113 Å². The molecule has 19 heavy (non-hydrogen) atoms. The number of imidazole rings is 1. The molecule has 0 amide bonds. The molecule has 0 radical (unpaired) electrons. The van der Waals surface area contributed by atoms with E-state index >= 15 is 0 Å². The zero-order valence-corrected chi connectivity index (χ0v) is 11.4. The van der Waals surface area contributed by atoms with Gasteiger partial charge < -0.3 is 15.0 Å². The molecule has 0 unspecified atom stereocenters. The first-order valence-electron chi connectivity index (χ1n) is 7.21. The molecule has 0 atom stereocenters. The molecule has 5 nitrogen and oxygen atoms in total. The van der Waals surface area contributed by atoms with E-state index in [1.807, 2.05) is 23.0 Å². The number of aromatic nitrogens is 3. The fourth-order valence-electron chi connectivity index (χ4n) is 2.63. The standard InChI is InChI=1S/C14H21N5/c1-2-7-15-12-10-19-9-8-16-14(19)13(18-12)17-11-5-3-4-6-11/h8-11,15H,2-7H2,1H3,(H,17,18). The predicted octanol–water partition coefficient (Wildman–Crippen LogP) is 2.91. The Morgan fingerprint density at radius 1 is 1.37 bits per heavy atom. The number of hydrogen-bond acceptors (Lipinski definition) is 4. The van der Waals surface area contributed by atoms with Crippen LogP contribution in [0.25, 0.3) is 5.65 Å². The van der Waals surface area contributed by atoms with Crippen molar-refractivity contribution in [2.75, 3.05) is 17.2 Å². The van der Waals surface area contributed by atoms with Gasteiger partial charge >= 0.3 is 0 Å². The number of fused-ring (bicyclic) bond motifs is 1. The Morgan fingerprint density at radius 3 is 3.00 bits per heavy atom. The topological polar surface area (TPSA) is 54.2 Å². The van der Waals surface area contributed by atoms with Gasteiger partial charge in [0.1, 0.15) is 5.82 Å². The maximum absolute atomic E-state index is 4.67. The Balaban J connectivity index is 1.88. The lowest BCUT2D eigenvalue weighted by Gasteiger charge is -2.15. The minimum absolute atomic E-state index is 0.550. The van der Waals surface area contributed by atoms with Crippen molar-refractivity contribution in [1.82, 2.24) is 14.4 Å². The average molecular weight is 259 g/mol. The molecule has 3 rings (SSSR count). The van der Waals surface area contributed by atoms with Gasteiger partial charge in [0.05, 0.1) is 6.20 Å². The van der Waals surface area contributed by atoms with Crippen molar-refractivity contribution in [2.45, 2.75) is 45.1 Å². The SMILES string of the molecule is CCCNc1cn2ccnc2c(NC2CCCC2)n1. The molecule has 1 fully saturated rings. The first kappa shape index (κ1) is 12.3. The molecule has 2 aromatic heterocycles. The highest BCUT2D eigenvalue weighted by atomic mass is 15.2. The Bertz CT molecular complexity index is 542. The van der Waals surface area contributed by atoms with Crippen LogP contribution in [0.5, 0.6) is 0 Å². The van der Waals surface area contributed by atoms with Crippen LogP contribution >= 0.6 is 0 Å². The molecule has 1 aliphatic rings. The van der Waals surface area contributed by atoms with Crippen molar-refractivity contribution in [1.29, 1.82) is 0 Å². The quantitative estimate of drug-likeness (QED) is 0.867. The first-order chi connectivity index (χ1) is 9.36. The van der Waals surface area contributed by atoms with E-state index in [1.54, 1.807) is 0 Å². The maximum atomic E-state index is 4.67. The van der Waals surface area contributed by atoms with Crippen molar-refractivity contribution >= 4 is 17.3 Å². The van der Waals surface area contributed by atoms with E-state index in [9.17, 15) is 0 Å². The molecular weight excluding hydrogens is 238 g/mol. The maximum Gasteiger partial charge on any atom is 0.180 e. The number of nitrogens with one attached hydrogen (secondary N) is 2. The summed E-state index contributed by atoms with van der Waals surface area (Å²) in [4.78, 5) is 9.06. The lowest BCUT2D eigenvalue weighted by Crippen LogP contribution is -2.17. The van der Waals surface area contributed by atoms with E-state index in [4.69, 9.17) is 0 Å². The molecule has 2 heterocycles. The summed E-state index contributed by atoms with van der Waals surface area (Å²) in [5, 5.41) is 6.89. The van der Waals surface area contributed by atoms with Gasteiger partial charge in [0.15, 0.2) is 11.5 Å². The van der Waals surface area contributed by atoms with E-state index in [2.05, 4.69) is 27.5 Å². The highest BCUT2D eigenvalue weighted by Gasteiger charge is 2.17. The minimum atomic E-state index is 0.550. The van der Waals surface area contributed by atoms with E-state index in [0.29, 0.717) is 6.04 Å². The summed E-state index contributed by atoms with van der Waals surface area (Å²) in [6.07, 6.45) is 12.0. The highest BCUT2D eigenvalue weighted by Crippen LogP contribution is 2.24. The summed E-state index contributed by atoms with van der Waals surface area (Å²) in [5.41, 5.74) is 0.911. The minimum Gasteiger partial charge on any atom is -0.369 e. The number of hydrogen-bond donors (Lipinski definition) is 2. The Hall–Kier alpha value is -1.78. The molecule has 2 aromatic rings. The van der Waals surface area contributed by atoms with Crippen LogP contribution in [0, 0.1) is 0 Å². The van der Waals surface area contributed by atoms with E-state index < -0.39 is 0 Å². The van der Waals surface area contributed by atoms with Gasteiger partial charge in [-0.1, -0.05) is 19.8 Å². The molecule has 1 saturated carbocycles. The van der Waals surface area contributed by atoms with Crippen molar-refractivity contribution in [3.05, 3.63) is 18.6 Å². The molecule has 0 saturated heterocycles. The molecule has 102 valence electrons. The van der Waals surface area contributed by atoms with Crippen LogP contribution in [0.15, 0.2) is 18.6 Å².